The summed E-state index contributed by atoms with van der Waals surface area (Å²) in [4.78, 5) is 0. The van der Waals surface area contributed by atoms with E-state index in [0.717, 1.165) is 17.4 Å². The highest BCUT2D eigenvalue weighted by molar-refractivity contribution is 6.35. The summed E-state index contributed by atoms with van der Waals surface area (Å²) < 4.78 is 0. The standard InChI is InChI=1S/C17H25Cl2N/c1-3-12-7-5-6-8-17(12)20-16(4-2)14-10-9-13(18)11-15(14)19/h9-12,16-17,20H,3-8H2,1-2H3. The van der Waals surface area contributed by atoms with Crippen LogP contribution in [0.3, 0.4) is 0 Å². The molecule has 1 aromatic rings. The molecule has 1 aromatic carbocycles. The molecule has 3 unspecified atom stereocenters. The van der Waals surface area contributed by atoms with Gasteiger partial charge in [0, 0.05) is 22.1 Å². The molecule has 20 heavy (non-hydrogen) atoms. The van der Waals surface area contributed by atoms with Gasteiger partial charge in [-0.05, 0) is 42.9 Å². The molecule has 1 saturated carbocycles. The summed E-state index contributed by atoms with van der Waals surface area (Å²) in [6.07, 6.45) is 7.70. The lowest BCUT2D eigenvalue weighted by Gasteiger charge is -2.35. The van der Waals surface area contributed by atoms with Gasteiger partial charge >= 0.3 is 0 Å². The van der Waals surface area contributed by atoms with Gasteiger partial charge in [-0.3, -0.25) is 0 Å². The normalized spacial score (nSPS) is 24.6. The lowest BCUT2D eigenvalue weighted by atomic mass is 9.82. The molecule has 2 rings (SSSR count). The molecule has 1 fully saturated rings. The van der Waals surface area contributed by atoms with Gasteiger partial charge in [0.25, 0.3) is 0 Å². The van der Waals surface area contributed by atoms with E-state index in [-0.39, 0.29) is 0 Å². The zero-order valence-electron chi connectivity index (χ0n) is 12.5. The van der Waals surface area contributed by atoms with E-state index in [1.54, 1.807) is 0 Å². The molecule has 3 atom stereocenters. The van der Waals surface area contributed by atoms with Crippen molar-refractivity contribution in [3.63, 3.8) is 0 Å². The van der Waals surface area contributed by atoms with Crippen LogP contribution < -0.4 is 5.32 Å². The average molecular weight is 314 g/mol. The smallest absolute Gasteiger partial charge is 0.0468 e. The van der Waals surface area contributed by atoms with E-state index in [4.69, 9.17) is 23.2 Å². The molecule has 3 heteroatoms. The highest BCUT2D eigenvalue weighted by Gasteiger charge is 2.26. The molecule has 1 N–H and O–H groups in total. The van der Waals surface area contributed by atoms with Crippen molar-refractivity contribution < 1.29 is 0 Å². The van der Waals surface area contributed by atoms with Crippen molar-refractivity contribution in [3.8, 4) is 0 Å². The second-order valence-electron chi connectivity index (χ2n) is 5.85. The summed E-state index contributed by atoms with van der Waals surface area (Å²) >= 11 is 12.4. The van der Waals surface area contributed by atoms with Crippen LogP contribution in [0.4, 0.5) is 0 Å². The van der Waals surface area contributed by atoms with Gasteiger partial charge < -0.3 is 5.32 Å². The van der Waals surface area contributed by atoms with Crippen LogP contribution in [0, 0.1) is 5.92 Å². The predicted octanol–water partition coefficient (Wildman–Crippen LogP) is 6.00. The second-order valence-corrected chi connectivity index (χ2v) is 6.70. The van der Waals surface area contributed by atoms with E-state index >= 15 is 0 Å². The summed E-state index contributed by atoms with van der Waals surface area (Å²) in [7, 11) is 0. The highest BCUT2D eigenvalue weighted by Crippen LogP contribution is 2.32. The Hall–Kier alpha value is -0.240. The average Bonchev–Trinajstić information content (AvgIpc) is 2.46. The first-order chi connectivity index (χ1) is 9.65. The third-order valence-electron chi connectivity index (χ3n) is 4.59. The molecule has 0 heterocycles. The van der Waals surface area contributed by atoms with Gasteiger partial charge in [-0.15, -0.1) is 0 Å². The number of benzene rings is 1. The van der Waals surface area contributed by atoms with Gasteiger partial charge in [0.05, 0.1) is 0 Å². The van der Waals surface area contributed by atoms with Crippen molar-refractivity contribution in [2.45, 2.75) is 64.5 Å². The largest absolute Gasteiger partial charge is 0.307 e. The second kappa shape index (κ2) is 7.68. The van der Waals surface area contributed by atoms with Crippen LogP contribution in [0.2, 0.25) is 10.0 Å². The Morgan fingerprint density at radius 1 is 1.20 bits per heavy atom. The molecule has 0 aliphatic heterocycles. The Balaban J connectivity index is 2.11. The topological polar surface area (TPSA) is 12.0 Å². The molecule has 1 aliphatic carbocycles. The number of nitrogens with one attached hydrogen (secondary N) is 1. The van der Waals surface area contributed by atoms with Crippen molar-refractivity contribution in [1.29, 1.82) is 0 Å². The molecule has 0 saturated heterocycles. The fourth-order valence-corrected chi connectivity index (χ4v) is 3.93. The van der Waals surface area contributed by atoms with E-state index in [1.165, 1.54) is 37.7 Å². The van der Waals surface area contributed by atoms with Crippen LogP contribution in [0.5, 0.6) is 0 Å². The third-order valence-corrected chi connectivity index (χ3v) is 5.16. The first-order valence-corrected chi connectivity index (χ1v) is 8.62. The maximum absolute atomic E-state index is 6.37. The van der Waals surface area contributed by atoms with Gasteiger partial charge in [-0.25, -0.2) is 0 Å². The monoisotopic (exact) mass is 313 g/mol. The summed E-state index contributed by atoms with van der Waals surface area (Å²) in [5, 5.41) is 5.34. The molecule has 112 valence electrons. The molecular weight excluding hydrogens is 289 g/mol. The molecular formula is C17H25Cl2N. The van der Waals surface area contributed by atoms with E-state index in [2.05, 4.69) is 25.2 Å². The number of rotatable bonds is 5. The van der Waals surface area contributed by atoms with Crippen molar-refractivity contribution in [1.82, 2.24) is 5.32 Å². The molecule has 1 aliphatic rings. The van der Waals surface area contributed by atoms with E-state index in [0.29, 0.717) is 17.1 Å². The predicted molar refractivity (Wildman–Crippen MR) is 88.7 cm³/mol. The van der Waals surface area contributed by atoms with Gasteiger partial charge in [-0.2, -0.15) is 0 Å². The van der Waals surface area contributed by atoms with Gasteiger partial charge in [0.1, 0.15) is 0 Å². The van der Waals surface area contributed by atoms with Gasteiger partial charge in [0.15, 0.2) is 0 Å². The molecule has 0 amide bonds. The zero-order chi connectivity index (χ0) is 14.5. The Labute approximate surface area is 133 Å². The molecule has 0 radical (unpaired) electrons. The van der Waals surface area contributed by atoms with Crippen LogP contribution in [-0.4, -0.2) is 6.04 Å². The summed E-state index contributed by atoms with van der Waals surface area (Å²) in [5.74, 6) is 0.809. The third kappa shape index (κ3) is 3.90. The summed E-state index contributed by atoms with van der Waals surface area (Å²) in [5.41, 5.74) is 1.18. The Kier molecular flexibility index (Phi) is 6.20. The quantitative estimate of drug-likeness (QED) is 0.702. The lowest BCUT2D eigenvalue weighted by molar-refractivity contribution is 0.235. The van der Waals surface area contributed by atoms with Crippen LogP contribution in [-0.2, 0) is 0 Å². The Morgan fingerprint density at radius 2 is 1.95 bits per heavy atom. The zero-order valence-corrected chi connectivity index (χ0v) is 14.0. The van der Waals surface area contributed by atoms with E-state index in [9.17, 15) is 0 Å². The fourth-order valence-electron chi connectivity index (χ4n) is 3.39. The maximum Gasteiger partial charge on any atom is 0.0468 e. The first-order valence-electron chi connectivity index (χ1n) is 7.86. The molecule has 0 spiro atoms. The molecule has 0 bridgehead atoms. The lowest BCUT2D eigenvalue weighted by Crippen LogP contribution is -2.40. The molecule has 0 aromatic heterocycles. The van der Waals surface area contributed by atoms with Crippen LogP contribution in [0.15, 0.2) is 18.2 Å². The maximum atomic E-state index is 6.37. The van der Waals surface area contributed by atoms with Gasteiger partial charge in [-0.1, -0.05) is 62.4 Å². The van der Waals surface area contributed by atoms with Crippen LogP contribution >= 0.6 is 23.2 Å². The van der Waals surface area contributed by atoms with Crippen LogP contribution in [0.25, 0.3) is 0 Å². The SMILES string of the molecule is CCC(NC1CCCCC1CC)c1ccc(Cl)cc1Cl. The van der Waals surface area contributed by atoms with Crippen molar-refractivity contribution in [2.75, 3.05) is 0 Å². The fraction of sp³-hybridized carbons (Fsp3) is 0.647. The minimum Gasteiger partial charge on any atom is -0.307 e. The summed E-state index contributed by atoms with van der Waals surface area (Å²) in [6, 6.07) is 6.81. The van der Waals surface area contributed by atoms with E-state index < -0.39 is 0 Å². The van der Waals surface area contributed by atoms with Crippen molar-refractivity contribution in [2.24, 2.45) is 5.92 Å². The Bertz CT molecular complexity index is 433. The molecule has 1 nitrogen and oxygen atoms in total. The first kappa shape index (κ1) is 16.1. The number of hydrogen-bond donors (Lipinski definition) is 1. The minimum atomic E-state index is 0.330. The van der Waals surface area contributed by atoms with Crippen LogP contribution in [0.1, 0.15) is 64.0 Å². The number of hydrogen-bond acceptors (Lipinski definition) is 1. The van der Waals surface area contributed by atoms with E-state index in [1.807, 2.05) is 12.1 Å². The summed E-state index contributed by atoms with van der Waals surface area (Å²) in [6.45, 7) is 4.52. The number of halogens is 2. The van der Waals surface area contributed by atoms with Crippen molar-refractivity contribution >= 4 is 23.2 Å². The van der Waals surface area contributed by atoms with Crippen molar-refractivity contribution in [3.05, 3.63) is 33.8 Å². The van der Waals surface area contributed by atoms with Gasteiger partial charge in [0.2, 0.25) is 0 Å². The Morgan fingerprint density at radius 3 is 2.60 bits per heavy atom. The highest BCUT2D eigenvalue weighted by atomic mass is 35.5. The minimum absolute atomic E-state index is 0.330.